The summed E-state index contributed by atoms with van der Waals surface area (Å²) in [7, 11) is 0. The van der Waals surface area contributed by atoms with Crippen LogP contribution >= 0.6 is 15.9 Å². The molecule has 3 rings (SSSR count). The Kier molecular flexibility index (Phi) is 3.32. The van der Waals surface area contributed by atoms with E-state index >= 15 is 0 Å². The van der Waals surface area contributed by atoms with Gasteiger partial charge in [0.1, 0.15) is 11.3 Å². The largest absolute Gasteiger partial charge is 0.352 e. The van der Waals surface area contributed by atoms with E-state index in [1.54, 1.807) is 0 Å². The van der Waals surface area contributed by atoms with Crippen LogP contribution in [0.3, 0.4) is 0 Å². The fourth-order valence-electron chi connectivity index (χ4n) is 1.88. The Hall–Kier alpha value is -2.09. The molecule has 0 saturated carbocycles. The molecule has 1 heterocycles. The maximum absolute atomic E-state index is 14.1. The number of fused-ring (bicyclic) bond motifs is 1. The molecule has 0 bridgehead atoms. The first-order valence-corrected chi connectivity index (χ1v) is 6.49. The average Bonchev–Trinajstić information content (AvgIpc) is 2.90. The molecule has 0 radical (unpaired) electrons. The molecule has 0 fully saturated rings. The highest BCUT2D eigenvalue weighted by Gasteiger charge is 2.15. The number of hydrogen-bond donors (Lipinski definition) is 2. The summed E-state index contributed by atoms with van der Waals surface area (Å²) in [5.41, 5.74) is 0.0290. The van der Waals surface area contributed by atoms with Gasteiger partial charge < -0.3 is 5.32 Å². The number of benzene rings is 2. The Bertz CT molecular complexity index is 847. The number of aromatic amines is 1. The van der Waals surface area contributed by atoms with Crippen LogP contribution < -0.4 is 5.32 Å². The smallest absolute Gasteiger partial charge is 0.165 e. The summed E-state index contributed by atoms with van der Waals surface area (Å²) >= 11 is 3.03. The highest BCUT2D eigenvalue weighted by molar-refractivity contribution is 9.10. The molecular weight excluding hydrogens is 354 g/mol. The minimum Gasteiger partial charge on any atom is -0.352 e. The van der Waals surface area contributed by atoms with Gasteiger partial charge in [-0.15, -0.1) is 0 Å². The highest BCUT2D eigenvalue weighted by atomic mass is 79.9. The number of nitrogens with one attached hydrogen (secondary N) is 2. The molecule has 3 aromatic rings. The quantitative estimate of drug-likeness (QED) is 0.517. The second-order valence-corrected chi connectivity index (χ2v) is 5.05. The first-order chi connectivity index (χ1) is 9.97. The van der Waals surface area contributed by atoms with Crippen molar-refractivity contribution >= 4 is 38.2 Å². The Morgan fingerprint density at radius 3 is 2.43 bits per heavy atom. The van der Waals surface area contributed by atoms with Crippen LogP contribution in [0.5, 0.6) is 0 Å². The lowest BCUT2D eigenvalue weighted by molar-refractivity contribution is 0.496. The maximum Gasteiger partial charge on any atom is 0.165 e. The Labute approximate surface area is 124 Å². The molecule has 0 atom stereocenters. The Balaban J connectivity index is 2.10. The zero-order valence-corrected chi connectivity index (χ0v) is 11.7. The second kappa shape index (κ2) is 5.03. The summed E-state index contributed by atoms with van der Waals surface area (Å²) in [6, 6.07) is 2.57. The zero-order valence-electron chi connectivity index (χ0n) is 10.1. The highest BCUT2D eigenvalue weighted by Crippen LogP contribution is 2.34. The number of rotatable bonds is 2. The van der Waals surface area contributed by atoms with Gasteiger partial charge in [-0.25, -0.2) is 17.6 Å². The molecular formula is C13H6BrF4N3. The van der Waals surface area contributed by atoms with Gasteiger partial charge in [0.15, 0.2) is 17.5 Å². The monoisotopic (exact) mass is 359 g/mol. The normalized spacial score (nSPS) is 11.1. The van der Waals surface area contributed by atoms with Crippen molar-refractivity contribution in [3.8, 4) is 0 Å². The van der Waals surface area contributed by atoms with E-state index in [2.05, 4.69) is 31.4 Å². The predicted octanol–water partition coefficient (Wildman–Crippen LogP) is 4.63. The summed E-state index contributed by atoms with van der Waals surface area (Å²) in [4.78, 5) is 0. The summed E-state index contributed by atoms with van der Waals surface area (Å²) in [6.07, 6.45) is 1.39. The van der Waals surface area contributed by atoms with E-state index in [1.807, 2.05) is 0 Å². The van der Waals surface area contributed by atoms with Crippen molar-refractivity contribution < 1.29 is 17.6 Å². The van der Waals surface area contributed by atoms with Crippen LogP contribution in [-0.2, 0) is 0 Å². The average molecular weight is 360 g/mol. The van der Waals surface area contributed by atoms with E-state index in [-0.39, 0.29) is 21.4 Å². The number of anilines is 2. The van der Waals surface area contributed by atoms with Crippen molar-refractivity contribution in [2.75, 3.05) is 5.32 Å². The van der Waals surface area contributed by atoms with E-state index in [9.17, 15) is 17.6 Å². The van der Waals surface area contributed by atoms with Gasteiger partial charge in [-0.3, -0.25) is 5.10 Å². The summed E-state index contributed by atoms with van der Waals surface area (Å²) in [5, 5.41) is 9.15. The Morgan fingerprint density at radius 1 is 0.952 bits per heavy atom. The molecule has 0 amide bonds. The molecule has 2 aromatic carbocycles. The molecule has 108 valence electrons. The number of H-pyrrole nitrogens is 1. The van der Waals surface area contributed by atoms with Crippen molar-refractivity contribution in [3.63, 3.8) is 0 Å². The first-order valence-electron chi connectivity index (χ1n) is 5.70. The van der Waals surface area contributed by atoms with Gasteiger partial charge in [0.05, 0.1) is 22.0 Å². The van der Waals surface area contributed by atoms with E-state index in [1.165, 1.54) is 12.3 Å². The molecule has 0 saturated heterocycles. The first kappa shape index (κ1) is 13.9. The van der Waals surface area contributed by atoms with Gasteiger partial charge in [0.25, 0.3) is 0 Å². The topological polar surface area (TPSA) is 40.7 Å². The number of halogens is 5. The minimum atomic E-state index is -1.30. The summed E-state index contributed by atoms with van der Waals surface area (Å²) in [5.74, 6) is -4.13. The van der Waals surface area contributed by atoms with Crippen LogP contribution in [0.15, 0.2) is 28.9 Å². The van der Waals surface area contributed by atoms with Crippen LogP contribution in [0, 0.1) is 23.3 Å². The molecule has 1 aromatic heterocycles. The van der Waals surface area contributed by atoms with Crippen molar-refractivity contribution in [1.82, 2.24) is 10.2 Å². The number of hydrogen-bond acceptors (Lipinski definition) is 2. The summed E-state index contributed by atoms with van der Waals surface area (Å²) < 4.78 is 53.7. The van der Waals surface area contributed by atoms with Gasteiger partial charge in [0, 0.05) is 17.5 Å². The molecule has 0 spiro atoms. The standard InChI is InChI=1S/C13H6BrF4N3/c14-11-10(1-5-4-19-21-13(5)12(11)18)20-9-3-7(16)6(15)2-8(9)17/h1-4,20H,(H,19,21). The third-order valence-corrected chi connectivity index (χ3v) is 3.67. The van der Waals surface area contributed by atoms with E-state index in [0.717, 1.165) is 0 Å². The lowest BCUT2D eigenvalue weighted by Gasteiger charge is -2.11. The molecule has 0 unspecified atom stereocenters. The number of aromatic nitrogens is 2. The lowest BCUT2D eigenvalue weighted by Crippen LogP contribution is -1.99. The van der Waals surface area contributed by atoms with Gasteiger partial charge >= 0.3 is 0 Å². The summed E-state index contributed by atoms with van der Waals surface area (Å²) in [6.45, 7) is 0. The van der Waals surface area contributed by atoms with E-state index in [0.29, 0.717) is 17.5 Å². The molecule has 3 nitrogen and oxygen atoms in total. The third kappa shape index (κ3) is 2.35. The molecule has 8 heteroatoms. The molecule has 21 heavy (non-hydrogen) atoms. The van der Waals surface area contributed by atoms with Crippen LogP contribution in [0.1, 0.15) is 0 Å². The van der Waals surface area contributed by atoms with E-state index in [4.69, 9.17) is 0 Å². The molecule has 0 aliphatic carbocycles. The maximum atomic E-state index is 14.1. The number of nitrogens with zero attached hydrogens (tertiary/aromatic N) is 1. The molecule has 0 aliphatic heterocycles. The second-order valence-electron chi connectivity index (χ2n) is 4.26. The van der Waals surface area contributed by atoms with Crippen molar-refractivity contribution in [3.05, 3.63) is 52.1 Å². The Morgan fingerprint density at radius 2 is 1.67 bits per heavy atom. The van der Waals surface area contributed by atoms with Crippen LogP contribution in [0.25, 0.3) is 10.9 Å². The van der Waals surface area contributed by atoms with Crippen molar-refractivity contribution in [2.45, 2.75) is 0 Å². The van der Waals surface area contributed by atoms with Crippen LogP contribution in [-0.4, -0.2) is 10.2 Å². The predicted molar refractivity (Wildman–Crippen MR) is 73.4 cm³/mol. The molecule has 0 aliphatic rings. The fraction of sp³-hybridized carbons (Fsp3) is 0. The van der Waals surface area contributed by atoms with Gasteiger partial charge in [-0.1, -0.05) is 0 Å². The van der Waals surface area contributed by atoms with Crippen molar-refractivity contribution in [1.29, 1.82) is 0 Å². The van der Waals surface area contributed by atoms with Crippen LogP contribution in [0.4, 0.5) is 28.9 Å². The fourth-order valence-corrected chi connectivity index (χ4v) is 2.29. The van der Waals surface area contributed by atoms with Gasteiger partial charge in [-0.2, -0.15) is 5.10 Å². The van der Waals surface area contributed by atoms with Gasteiger partial charge in [-0.05, 0) is 22.0 Å². The van der Waals surface area contributed by atoms with Gasteiger partial charge in [0.2, 0.25) is 0 Å². The third-order valence-electron chi connectivity index (χ3n) is 2.90. The molecule has 2 N–H and O–H groups in total. The zero-order chi connectivity index (χ0) is 15.1. The minimum absolute atomic E-state index is 0.0170. The lowest BCUT2D eigenvalue weighted by atomic mass is 10.2. The SMILES string of the molecule is Fc1cc(F)c(Nc2cc3cn[nH]c3c(F)c2Br)cc1F. The van der Waals surface area contributed by atoms with Crippen molar-refractivity contribution in [2.24, 2.45) is 0 Å². The van der Waals surface area contributed by atoms with Crippen LogP contribution in [0.2, 0.25) is 0 Å². The van der Waals surface area contributed by atoms with E-state index < -0.39 is 23.3 Å².